The number of hydrogen-bond acceptors (Lipinski definition) is 7. The summed E-state index contributed by atoms with van der Waals surface area (Å²) in [5, 5.41) is 7.30. The van der Waals surface area contributed by atoms with Crippen molar-refractivity contribution in [2.75, 3.05) is 0 Å². The Balaban J connectivity index is 0. The summed E-state index contributed by atoms with van der Waals surface area (Å²) in [6.07, 6.45) is -0.984. The Morgan fingerprint density at radius 2 is 1.40 bits per heavy atom. The molecule has 1 rings (SSSR count). The van der Waals surface area contributed by atoms with Crippen molar-refractivity contribution in [1.29, 1.82) is 0 Å². The smallest absolute Gasteiger partial charge is 0.747 e. The molecule has 0 saturated heterocycles. The van der Waals surface area contributed by atoms with Gasteiger partial charge in [0.25, 0.3) is 0 Å². The first-order valence-electron chi connectivity index (χ1n) is 4.75. The Bertz CT molecular complexity index is 600. The first-order valence-corrected chi connectivity index (χ1v) is 7.69. The van der Waals surface area contributed by atoms with Gasteiger partial charge in [-0.25, -0.2) is 16.8 Å². The van der Waals surface area contributed by atoms with Crippen molar-refractivity contribution in [3.05, 3.63) is 35.9 Å². The van der Waals surface area contributed by atoms with E-state index in [-0.39, 0.29) is 64.7 Å². The largest absolute Gasteiger partial charge is 1.00 e. The van der Waals surface area contributed by atoms with Crippen LogP contribution in [0.4, 0.5) is 0 Å². The maximum atomic E-state index is 11.0. The van der Waals surface area contributed by atoms with E-state index >= 15 is 0 Å². The van der Waals surface area contributed by atoms with Gasteiger partial charge in [-0.1, -0.05) is 30.3 Å². The molecule has 1 aromatic carbocycles. The molecule has 1 N–H and O–H groups in total. The molecule has 0 amide bonds. The van der Waals surface area contributed by atoms with Crippen LogP contribution in [-0.2, 0) is 20.2 Å². The topological polar surface area (TPSA) is 135 Å². The van der Waals surface area contributed by atoms with E-state index in [1.807, 2.05) is 0 Å². The Hall–Kier alpha value is 1.00. The summed E-state index contributed by atoms with van der Waals surface area (Å²) in [4.78, 5) is 0. The van der Waals surface area contributed by atoms with Gasteiger partial charge in [0.2, 0.25) is 0 Å². The summed E-state index contributed by atoms with van der Waals surface area (Å²) < 4.78 is 64.7. The summed E-state index contributed by atoms with van der Waals surface area (Å²) in [6, 6.07) is 7.06. The fourth-order valence-corrected chi connectivity index (χ4v) is 2.85. The quantitative estimate of drug-likeness (QED) is 0.416. The molecule has 0 radical (unpaired) electrons. The van der Waals surface area contributed by atoms with Crippen molar-refractivity contribution in [3.63, 3.8) is 0 Å². The van der Waals surface area contributed by atoms with E-state index in [0.717, 1.165) is 0 Å². The maximum absolute atomic E-state index is 11.0. The summed E-state index contributed by atoms with van der Waals surface area (Å²) in [7, 11) is -9.95. The normalized spacial score (nSPS) is 14.6. The van der Waals surface area contributed by atoms with E-state index in [1.165, 1.54) is 24.3 Å². The molecular weight excluding hydrogens is 330 g/mol. The molecule has 2 unspecified atom stereocenters. The van der Waals surface area contributed by atoms with Gasteiger partial charge in [0.1, 0.15) is 25.7 Å². The predicted octanol–water partition coefficient (Wildman–Crippen LogP) is -6.47. The van der Waals surface area contributed by atoms with Gasteiger partial charge < -0.3 is 14.2 Å². The van der Waals surface area contributed by atoms with E-state index in [2.05, 4.69) is 0 Å². The second-order valence-electron chi connectivity index (χ2n) is 3.58. The van der Waals surface area contributed by atoms with Crippen molar-refractivity contribution in [1.82, 2.24) is 0 Å². The van der Waals surface area contributed by atoms with Crippen molar-refractivity contribution >= 4 is 20.2 Å². The molecule has 0 bridgehead atoms. The van der Waals surface area contributed by atoms with Gasteiger partial charge in [0.05, 0.1) is 5.25 Å². The van der Waals surface area contributed by atoms with Crippen LogP contribution < -0.4 is 59.1 Å². The Labute approximate surface area is 161 Å². The summed E-state index contributed by atoms with van der Waals surface area (Å²) in [5.41, 5.74) is -2.42. The Morgan fingerprint density at radius 3 is 1.75 bits per heavy atom. The van der Waals surface area contributed by atoms with Gasteiger partial charge in [-0.2, -0.15) is 0 Å². The van der Waals surface area contributed by atoms with Gasteiger partial charge in [0.15, 0.2) is 0 Å². The monoisotopic (exact) mass is 340 g/mol. The van der Waals surface area contributed by atoms with Crippen LogP contribution in [0.3, 0.4) is 0 Å². The average Bonchev–Trinajstić information content (AvgIpc) is 2.23. The van der Waals surface area contributed by atoms with Crippen LogP contribution in [0.25, 0.3) is 0 Å². The zero-order chi connectivity index (χ0) is 14.0. The summed E-state index contributed by atoms with van der Waals surface area (Å²) >= 11 is 0. The zero-order valence-corrected chi connectivity index (χ0v) is 16.6. The number of aliphatic hydroxyl groups excluding tert-OH is 1. The predicted molar refractivity (Wildman–Crippen MR) is 59.2 cm³/mol. The number of benzene rings is 1. The molecule has 1 aromatic rings. The summed E-state index contributed by atoms with van der Waals surface area (Å²) in [6.45, 7) is 0. The van der Waals surface area contributed by atoms with Crippen LogP contribution in [0.1, 0.15) is 17.2 Å². The Morgan fingerprint density at radius 1 is 0.950 bits per heavy atom. The molecule has 102 valence electrons. The summed E-state index contributed by atoms with van der Waals surface area (Å²) in [5.74, 6) is 0. The third-order valence-corrected chi connectivity index (χ3v) is 4.29. The Kier molecular flexibility index (Phi) is 10.7. The minimum atomic E-state index is -5.06. The minimum Gasteiger partial charge on any atom is -0.747 e. The van der Waals surface area contributed by atoms with Crippen molar-refractivity contribution < 1.29 is 90.2 Å². The molecule has 0 aliphatic carbocycles. The fourth-order valence-electron chi connectivity index (χ4n) is 1.39. The minimum absolute atomic E-state index is 0. The fraction of sp³-hybridized carbons (Fsp3) is 0.333. The van der Waals surface area contributed by atoms with Gasteiger partial charge >= 0.3 is 59.1 Å². The SMILES string of the molecule is O=S(=O)([O-])C(O)CC(c1ccccc1)S(=O)(=O)[O-].[Na+].[Na+]. The van der Waals surface area contributed by atoms with Gasteiger partial charge in [0, 0.05) is 6.42 Å². The number of hydrogen-bond donors (Lipinski definition) is 1. The third-order valence-electron chi connectivity index (χ3n) is 2.27. The van der Waals surface area contributed by atoms with E-state index < -0.39 is 37.3 Å². The van der Waals surface area contributed by atoms with Crippen LogP contribution >= 0.6 is 0 Å². The molecule has 0 fully saturated rings. The number of rotatable bonds is 5. The van der Waals surface area contributed by atoms with Crippen LogP contribution in [-0.4, -0.2) is 36.5 Å². The molecule has 0 heterocycles. The van der Waals surface area contributed by atoms with Crippen molar-refractivity contribution in [3.8, 4) is 0 Å². The molecule has 20 heavy (non-hydrogen) atoms. The van der Waals surface area contributed by atoms with E-state index in [0.29, 0.717) is 0 Å². The van der Waals surface area contributed by atoms with Gasteiger partial charge in [-0.3, -0.25) is 0 Å². The molecule has 0 aliphatic rings. The number of aliphatic hydroxyl groups is 1. The van der Waals surface area contributed by atoms with Gasteiger partial charge in [-0.05, 0) is 5.56 Å². The van der Waals surface area contributed by atoms with E-state index in [9.17, 15) is 25.9 Å². The van der Waals surface area contributed by atoms with Crippen LogP contribution in [0, 0.1) is 0 Å². The standard InChI is InChI=1S/C9H12O7S2.2Na/c10-9(18(14,15)16)6-8(17(11,12)13)7-4-2-1-3-5-7;;/h1-5,8-10H,6H2,(H,11,12,13)(H,14,15,16);;/q;2*+1/p-2. The first-order chi connectivity index (χ1) is 8.12. The molecule has 0 aliphatic heterocycles. The average molecular weight is 340 g/mol. The molecular formula is C9H10Na2O7S2. The third kappa shape index (κ3) is 7.32. The van der Waals surface area contributed by atoms with Crippen LogP contribution in [0.15, 0.2) is 30.3 Å². The second-order valence-corrected chi connectivity index (χ2v) is 6.66. The molecule has 0 saturated carbocycles. The second kappa shape index (κ2) is 9.21. The molecule has 2 atom stereocenters. The van der Waals surface area contributed by atoms with Crippen molar-refractivity contribution in [2.45, 2.75) is 17.1 Å². The van der Waals surface area contributed by atoms with Crippen LogP contribution in [0.2, 0.25) is 0 Å². The molecule has 11 heteroatoms. The maximum Gasteiger partial charge on any atom is 1.00 e. The molecule has 0 aromatic heterocycles. The zero-order valence-electron chi connectivity index (χ0n) is 11.0. The van der Waals surface area contributed by atoms with Gasteiger partial charge in [-0.15, -0.1) is 0 Å². The van der Waals surface area contributed by atoms with Crippen molar-refractivity contribution in [2.24, 2.45) is 0 Å². The van der Waals surface area contributed by atoms with Crippen LogP contribution in [0.5, 0.6) is 0 Å². The molecule has 7 nitrogen and oxygen atoms in total. The van der Waals surface area contributed by atoms with E-state index in [4.69, 9.17) is 5.11 Å². The van der Waals surface area contributed by atoms with E-state index in [1.54, 1.807) is 6.07 Å². The first kappa shape index (κ1) is 23.3. The molecule has 0 spiro atoms.